The number of hydrogen-bond donors (Lipinski definition) is 2. The molecule has 0 aliphatic rings. The number of amides is 2. The molecule has 5 heteroatoms. The van der Waals surface area contributed by atoms with Gasteiger partial charge in [-0.05, 0) is 43.2 Å². The van der Waals surface area contributed by atoms with Crippen LogP contribution in [0.25, 0.3) is 6.08 Å². The quantitative estimate of drug-likeness (QED) is 0.723. The number of hydrogen-bond acceptors (Lipinski definition) is 2. The minimum Gasteiger partial charge on any atom is -0.348 e. The Balaban J connectivity index is 1.86. The zero-order valence-corrected chi connectivity index (χ0v) is 15.8. The van der Waals surface area contributed by atoms with E-state index in [2.05, 4.69) is 26.6 Å². The summed E-state index contributed by atoms with van der Waals surface area (Å²) in [5, 5.41) is 5.57. The summed E-state index contributed by atoms with van der Waals surface area (Å²) >= 11 is 3.39. The lowest BCUT2D eigenvalue weighted by Crippen LogP contribution is -2.45. The van der Waals surface area contributed by atoms with Gasteiger partial charge < -0.3 is 10.6 Å². The van der Waals surface area contributed by atoms with Crippen molar-refractivity contribution in [3.8, 4) is 0 Å². The van der Waals surface area contributed by atoms with E-state index in [-0.39, 0.29) is 17.9 Å². The Labute approximate surface area is 156 Å². The number of rotatable bonds is 6. The fraction of sp³-hybridized carbons (Fsp3) is 0.200. The largest absolute Gasteiger partial charge is 0.348 e. The van der Waals surface area contributed by atoms with Gasteiger partial charge in [-0.25, -0.2) is 0 Å². The topological polar surface area (TPSA) is 58.2 Å². The van der Waals surface area contributed by atoms with Gasteiger partial charge >= 0.3 is 0 Å². The molecule has 0 heterocycles. The van der Waals surface area contributed by atoms with E-state index in [0.717, 1.165) is 15.6 Å². The van der Waals surface area contributed by atoms with E-state index in [1.54, 1.807) is 13.0 Å². The number of carbonyl (C=O) groups excluding carboxylic acids is 2. The molecule has 130 valence electrons. The van der Waals surface area contributed by atoms with Gasteiger partial charge in [0.1, 0.15) is 6.04 Å². The maximum Gasteiger partial charge on any atom is 0.244 e. The lowest BCUT2D eigenvalue weighted by atomic mass is 10.1. The molecule has 25 heavy (non-hydrogen) atoms. The molecular formula is C20H21BrN2O2. The number of halogens is 1. The molecule has 0 radical (unpaired) electrons. The van der Waals surface area contributed by atoms with E-state index in [1.807, 2.05) is 61.5 Å². The first-order valence-corrected chi connectivity index (χ1v) is 8.84. The first-order chi connectivity index (χ1) is 12.0. The van der Waals surface area contributed by atoms with Crippen molar-refractivity contribution in [3.63, 3.8) is 0 Å². The monoisotopic (exact) mass is 400 g/mol. The molecule has 2 aromatic rings. The highest BCUT2D eigenvalue weighted by atomic mass is 79.9. The highest BCUT2D eigenvalue weighted by Crippen LogP contribution is 2.16. The third-order valence-corrected chi connectivity index (χ3v) is 4.24. The molecule has 0 aromatic heterocycles. The first-order valence-electron chi connectivity index (χ1n) is 8.05. The van der Waals surface area contributed by atoms with Crippen LogP contribution in [0.4, 0.5) is 0 Å². The molecule has 0 bridgehead atoms. The van der Waals surface area contributed by atoms with Crippen molar-refractivity contribution in [1.29, 1.82) is 0 Å². The molecule has 0 aliphatic heterocycles. The van der Waals surface area contributed by atoms with Crippen LogP contribution in [0.3, 0.4) is 0 Å². The summed E-state index contributed by atoms with van der Waals surface area (Å²) in [6.45, 7) is 3.57. The van der Waals surface area contributed by atoms with E-state index >= 15 is 0 Å². The van der Waals surface area contributed by atoms with Gasteiger partial charge in [0.05, 0.1) is 6.04 Å². The van der Waals surface area contributed by atoms with Crippen LogP contribution >= 0.6 is 15.9 Å². The Morgan fingerprint density at radius 1 is 0.960 bits per heavy atom. The van der Waals surface area contributed by atoms with Gasteiger partial charge in [0.25, 0.3) is 0 Å². The van der Waals surface area contributed by atoms with Crippen molar-refractivity contribution >= 4 is 33.8 Å². The Bertz CT molecular complexity index is 742. The molecule has 0 spiro atoms. The Morgan fingerprint density at radius 2 is 1.60 bits per heavy atom. The molecule has 2 amide bonds. The Hall–Kier alpha value is -2.40. The van der Waals surface area contributed by atoms with E-state index in [1.165, 1.54) is 6.08 Å². The van der Waals surface area contributed by atoms with Crippen molar-refractivity contribution in [1.82, 2.24) is 10.6 Å². The molecule has 0 fully saturated rings. The summed E-state index contributed by atoms with van der Waals surface area (Å²) in [6.07, 6.45) is 3.14. The molecule has 2 N–H and O–H groups in total. The number of benzene rings is 2. The van der Waals surface area contributed by atoms with Gasteiger partial charge in [0.15, 0.2) is 0 Å². The summed E-state index contributed by atoms with van der Waals surface area (Å²) in [4.78, 5) is 24.2. The summed E-state index contributed by atoms with van der Waals surface area (Å²) < 4.78 is 0.987. The third-order valence-electron chi connectivity index (χ3n) is 3.71. The third kappa shape index (κ3) is 6.19. The fourth-order valence-electron chi connectivity index (χ4n) is 2.24. The van der Waals surface area contributed by atoms with Crippen molar-refractivity contribution in [2.45, 2.75) is 25.9 Å². The van der Waals surface area contributed by atoms with Crippen molar-refractivity contribution in [2.24, 2.45) is 0 Å². The average molecular weight is 401 g/mol. The maximum atomic E-state index is 12.2. The number of nitrogens with one attached hydrogen (secondary N) is 2. The molecule has 0 saturated carbocycles. The van der Waals surface area contributed by atoms with Crippen LogP contribution in [0.5, 0.6) is 0 Å². The second-order valence-corrected chi connectivity index (χ2v) is 6.67. The van der Waals surface area contributed by atoms with Crippen LogP contribution in [0.1, 0.15) is 31.0 Å². The van der Waals surface area contributed by atoms with Gasteiger partial charge in [-0.3, -0.25) is 9.59 Å². The SMILES string of the molecule is CC(NC(=O)C=Cc1ccccc1)C(=O)NC(C)c1ccc(Br)cc1. The van der Waals surface area contributed by atoms with Gasteiger partial charge in [-0.2, -0.15) is 0 Å². The van der Waals surface area contributed by atoms with Crippen LogP contribution in [-0.2, 0) is 9.59 Å². The molecule has 2 rings (SSSR count). The van der Waals surface area contributed by atoms with Gasteiger partial charge in [0.2, 0.25) is 11.8 Å². The summed E-state index contributed by atoms with van der Waals surface area (Å²) in [5.74, 6) is -0.528. The predicted octanol–water partition coefficient (Wildman–Crippen LogP) is 3.84. The molecular weight excluding hydrogens is 380 g/mol. The number of carbonyl (C=O) groups is 2. The normalized spacial score (nSPS) is 13.2. The zero-order valence-electron chi connectivity index (χ0n) is 14.2. The Morgan fingerprint density at radius 3 is 2.24 bits per heavy atom. The minimum absolute atomic E-state index is 0.139. The van der Waals surface area contributed by atoms with Crippen molar-refractivity contribution in [3.05, 3.63) is 76.3 Å². The van der Waals surface area contributed by atoms with Crippen LogP contribution in [0.2, 0.25) is 0 Å². The summed E-state index contributed by atoms with van der Waals surface area (Å²) in [7, 11) is 0. The highest BCUT2D eigenvalue weighted by Gasteiger charge is 2.17. The molecule has 0 saturated heterocycles. The molecule has 2 atom stereocenters. The standard InChI is InChI=1S/C20H21BrN2O2/c1-14(17-9-11-18(21)12-10-17)23-20(25)15(2)22-19(24)13-8-16-6-4-3-5-7-16/h3-15H,1-2H3,(H,22,24)(H,23,25). The summed E-state index contributed by atoms with van der Waals surface area (Å²) in [5.41, 5.74) is 1.93. The minimum atomic E-state index is -0.620. The van der Waals surface area contributed by atoms with E-state index < -0.39 is 6.04 Å². The Kier molecular flexibility index (Phi) is 6.95. The molecule has 2 aromatic carbocycles. The lowest BCUT2D eigenvalue weighted by molar-refractivity contribution is -0.127. The smallest absolute Gasteiger partial charge is 0.244 e. The van der Waals surface area contributed by atoms with Gasteiger partial charge in [-0.15, -0.1) is 0 Å². The van der Waals surface area contributed by atoms with E-state index in [4.69, 9.17) is 0 Å². The fourth-order valence-corrected chi connectivity index (χ4v) is 2.50. The molecule has 4 nitrogen and oxygen atoms in total. The molecule has 0 aliphatic carbocycles. The maximum absolute atomic E-state index is 12.2. The average Bonchev–Trinajstić information content (AvgIpc) is 2.61. The van der Waals surface area contributed by atoms with Gasteiger partial charge in [-0.1, -0.05) is 58.4 Å². The first kappa shape index (κ1) is 18.9. The van der Waals surface area contributed by atoms with Crippen LogP contribution in [0.15, 0.2) is 65.1 Å². The predicted molar refractivity (Wildman–Crippen MR) is 104 cm³/mol. The van der Waals surface area contributed by atoms with E-state index in [9.17, 15) is 9.59 Å². The lowest BCUT2D eigenvalue weighted by Gasteiger charge is -2.18. The van der Waals surface area contributed by atoms with E-state index in [0.29, 0.717) is 0 Å². The highest BCUT2D eigenvalue weighted by molar-refractivity contribution is 9.10. The van der Waals surface area contributed by atoms with Crippen molar-refractivity contribution in [2.75, 3.05) is 0 Å². The summed E-state index contributed by atoms with van der Waals surface area (Å²) in [6, 6.07) is 16.5. The van der Waals surface area contributed by atoms with Crippen LogP contribution < -0.4 is 10.6 Å². The molecule has 2 unspecified atom stereocenters. The second kappa shape index (κ2) is 9.18. The van der Waals surface area contributed by atoms with Crippen molar-refractivity contribution < 1.29 is 9.59 Å². The van der Waals surface area contributed by atoms with Crippen LogP contribution in [-0.4, -0.2) is 17.9 Å². The van der Waals surface area contributed by atoms with Crippen LogP contribution in [0, 0.1) is 0 Å². The second-order valence-electron chi connectivity index (χ2n) is 5.76. The zero-order chi connectivity index (χ0) is 18.2. The van der Waals surface area contributed by atoms with Gasteiger partial charge in [0, 0.05) is 10.5 Å².